The summed E-state index contributed by atoms with van der Waals surface area (Å²) in [7, 11) is 3.35. The van der Waals surface area contributed by atoms with Gasteiger partial charge in [0, 0.05) is 24.0 Å². The summed E-state index contributed by atoms with van der Waals surface area (Å²) in [5.41, 5.74) is 2.84. The number of benzene rings is 3. The first-order valence-corrected chi connectivity index (χ1v) is 10.5. The highest BCUT2D eigenvalue weighted by atomic mass is 16.5. The number of nitrogens with zero attached hydrogens (tertiary/aromatic N) is 1. The minimum Gasteiger partial charge on any atom is -0.493 e. The average Bonchev–Trinajstić information content (AvgIpc) is 2.82. The average molecular weight is 460 g/mol. The predicted octanol–water partition coefficient (Wildman–Crippen LogP) is 3.35. The zero-order valence-corrected chi connectivity index (χ0v) is 18.8. The lowest BCUT2D eigenvalue weighted by Gasteiger charge is -2.27. The fraction of sp³-hybridized carbons (Fsp3) is 0.160. The number of hydrogen-bond donors (Lipinski definition) is 3. The van der Waals surface area contributed by atoms with Crippen molar-refractivity contribution in [1.29, 1.82) is 0 Å². The quantitative estimate of drug-likeness (QED) is 0.499. The molecule has 0 saturated heterocycles. The zero-order chi connectivity index (χ0) is 24.1. The van der Waals surface area contributed by atoms with Crippen molar-refractivity contribution in [2.75, 3.05) is 48.2 Å². The van der Waals surface area contributed by atoms with Gasteiger partial charge < -0.3 is 30.3 Å². The third kappa shape index (κ3) is 5.26. The molecule has 4 rings (SSSR count). The minimum atomic E-state index is -0.357. The van der Waals surface area contributed by atoms with Crippen molar-refractivity contribution in [3.05, 3.63) is 72.3 Å². The first-order valence-electron chi connectivity index (χ1n) is 10.5. The Balaban J connectivity index is 1.38. The van der Waals surface area contributed by atoms with Crippen molar-refractivity contribution < 1.29 is 23.9 Å². The molecule has 3 N–H and O–H groups in total. The van der Waals surface area contributed by atoms with Gasteiger partial charge in [0.05, 0.1) is 25.0 Å². The maximum atomic E-state index is 12.8. The third-order valence-corrected chi connectivity index (χ3v) is 5.16. The maximum absolute atomic E-state index is 12.8. The van der Waals surface area contributed by atoms with Crippen molar-refractivity contribution in [2.45, 2.75) is 0 Å². The van der Waals surface area contributed by atoms with Crippen LogP contribution in [0.25, 0.3) is 0 Å². The van der Waals surface area contributed by atoms with Crippen molar-refractivity contribution in [1.82, 2.24) is 0 Å². The molecule has 3 aromatic rings. The Labute approximate surface area is 196 Å². The van der Waals surface area contributed by atoms with Gasteiger partial charge in [-0.2, -0.15) is 0 Å². The molecule has 3 amide bonds. The van der Waals surface area contributed by atoms with Gasteiger partial charge in [0.25, 0.3) is 11.8 Å². The van der Waals surface area contributed by atoms with E-state index in [-0.39, 0.29) is 30.9 Å². The number of likely N-dealkylation sites (N-methyl/N-ethyl adjacent to an activating group) is 1. The van der Waals surface area contributed by atoms with Crippen LogP contribution in [0.2, 0.25) is 0 Å². The molecule has 1 aliphatic rings. The van der Waals surface area contributed by atoms with Crippen LogP contribution in [0.3, 0.4) is 0 Å². The molecular formula is C25H24N4O5. The number of rotatable bonds is 7. The van der Waals surface area contributed by atoms with Crippen LogP contribution in [-0.4, -0.2) is 45.0 Å². The Hall–Kier alpha value is -4.53. The molecule has 0 atom stereocenters. The molecule has 0 bridgehead atoms. The van der Waals surface area contributed by atoms with Crippen LogP contribution in [0.15, 0.2) is 66.7 Å². The second-order valence-corrected chi connectivity index (χ2v) is 7.66. The van der Waals surface area contributed by atoms with Gasteiger partial charge in [-0.1, -0.05) is 18.2 Å². The van der Waals surface area contributed by atoms with E-state index in [2.05, 4.69) is 16.0 Å². The monoisotopic (exact) mass is 460 g/mol. The number of fused-ring (bicyclic) bond motifs is 1. The lowest BCUT2D eigenvalue weighted by Crippen LogP contribution is -2.35. The Morgan fingerprint density at radius 3 is 2.47 bits per heavy atom. The number of hydrogen-bond acceptors (Lipinski definition) is 6. The van der Waals surface area contributed by atoms with Crippen molar-refractivity contribution >= 4 is 40.5 Å². The Morgan fingerprint density at radius 1 is 0.971 bits per heavy atom. The molecule has 1 heterocycles. The third-order valence-electron chi connectivity index (χ3n) is 5.16. The molecule has 9 nitrogen and oxygen atoms in total. The van der Waals surface area contributed by atoms with E-state index in [1.165, 1.54) is 7.11 Å². The van der Waals surface area contributed by atoms with E-state index >= 15 is 0 Å². The molecule has 0 fully saturated rings. The minimum absolute atomic E-state index is 0.134. The number of para-hydroxylation sites is 2. The van der Waals surface area contributed by atoms with Gasteiger partial charge in [-0.15, -0.1) is 0 Å². The standard InChI is InChI=1S/C25H24N4O5/c1-29-14-23(30)28-19-12-16(10-11-20(19)29)25(32)27-18-7-5-6-17(13-18)26-24(31)15-34-22-9-4-3-8-21(22)33-2/h3-13H,14-15H2,1-2H3,(H,26,31)(H,27,32)(H,28,30). The van der Waals surface area contributed by atoms with Crippen molar-refractivity contribution in [3.8, 4) is 11.5 Å². The van der Waals surface area contributed by atoms with Gasteiger partial charge in [0.1, 0.15) is 0 Å². The SMILES string of the molecule is COc1ccccc1OCC(=O)Nc1cccc(NC(=O)c2ccc3c(c2)NC(=O)CN3C)c1. The summed E-state index contributed by atoms with van der Waals surface area (Å²) in [5, 5.41) is 8.34. The Morgan fingerprint density at radius 2 is 1.71 bits per heavy atom. The number of carbonyl (C=O) groups excluding carboxylic acids is 3. The van der Waals surface area contributed by atoms with Crippen LogP contribution >= 0.6 is 0 Å². The van der Waals surface area contributed by atoms with Gasteiger partial charge in [0.2, 0.25) is 5.91 Å². The van der Waals surface area contributed by atoms with Crippen molar-refractivity contribution in [2.24, 2.45) is 0 Å². The smallest absolute Gasteiger partial charge is 0.262 e. The Bertz CT molecular complexity index is 1240. The van der Waals surface area contributed by atoms with Gasteiger partial charge in [-0.25, -0.2) is 0 Å². The number of methoxy groups -OCH3 is 1. The molecule has 0 unspecified atom stereocenters. The summed E-state index contributed by atoms with van der Waals surface area (Å²) >= 11 is 0. The van der Waals surface area contributed by atoms with Crippen LogP contribution < -0.4 is 30.3 Å². The van der Waals surface area contributed by atoms with Gasteiger partial charge in [-0.05, 0) is 48.5 Å². The summed E-state index contributed by atoms with van der Waals surface area (Å²) in [6.45, 7) is 0.0627. The summed E-state index contributed by atoms with van der Waals surface area (Å²) in [4.78, 5) is 38.7. The second-order valence-electron chi connectivity index (χ2n) is 7.66. The number of amides is 3. The van der Waals surface area contributed by atoms with Gasteiger partial charge in [0.15, 0.2) is 18.1 Å². The summed E-state index contributed by atoms with van der Waals surface area (Å²) in [6, 6.07) is 19.0. The van der Waals surface area contributed by atoms with Crippen LogP contribution in [0.1, 0.15) is 10.4 Å². The van der Waals surface area contributed by atoms with E-state index in [0.717, 1.165) is 5.69 Å². The lowest BCUT2D eigenvalue weighted by molar-refractivity contribution is -0.118. The molecule has 0 aromatic heterocycles. The van der Waals surface area contributed by atoms with E-state index in [0.29, 0.717) is 34.1 Å². The molecular weight excluding hydrogens is 436 g/mol. The number of ether oxygens (including phenoxy) is 2. The first-order chi connectivity index (χ1) is 16.4. The van der Waals surface area contributed by atoms with E-state index in [9.17, 15) is 14.4 Å². The number of anilines is 4. The molecule has 174 valence electrons. The first kappa shape index (κ1) is 22.7. The maximum Gasteiger partial charge on any atom is 0.262 e. The molecule has 9 heteroatoms. The molecule has 0 aliphatic carbocycles. The van der Waals surface area contributed by atoms with E-state index in [1.54, 1.807) is 60.7 Å². The molecule has 0 spiro atoms. The summed E-state index contributed by atoms with van der Waals surface area (Å²) in [6.07, 6.45) is 0. The Kier molecular flexibility index (Phi) is 6.63. The molecule has 3 aromatic carbocycles. The molecule has 1 aliphatic heterocycles. The summed E-state index contributed by atoms with van der Waals surface area (Å²) in [5.74, 6) is 0.171. The highest BCUT2D eigenvalue weighted by molar-refractivity contribution is 6.08. The zero-order valence-electron chi connectivity index (χ0n) is 18.8. The highest BCUT2D eigenvalue weighted by Crippen LogP contribution is 2.30. The van der Waals surface area contributed by atoms with Gasteiger partial charge >= 0.3 is 0 Å². The fourth-order valence-corrected chi connectivity index (χ4v) is 3.56. The molecule has 0 saturated carbocycles. The fourth-order valence-electron chi connectivity index (χ4n) is 3.56. The van der Waals surface area contributed by atoms with Crippen LogP contribution in [0.5, 0.6) is 11.5 Å². The number of nitrogens with one attached hydrogen (secondary N) is 3. The van der Waals surface area contributed by atoms with Crippen LogP contribution in [0, 0.1) is 0 Å². The number of carbonyl (C=O) groups is 3. The predicted molar refractivity (Wildman–Crippen MR) is 130 cm³/mol. The molecule has 0 radical (unpaired) electrons. The van der Waals surface area contributed by atoms with E-state index in [4.69, 9.17) is 9.47 Å². The van der Waals surface area contributed by atoms with E-state index < -0.39 is 0 Å². The van der Waals surface area contributed by atoms with Crippen LogP contribution in [-0.2, 0) is 9.59 Å². The highest BCUT2D eigenvalue weighted by Gasteiger charge is 2.20. The largest absolute Gasteiger partial charge is 0.493 e. The van der Waals surface area contributed by atoms with Gasteiger partial charge in [-0.3, -0.25) is 14.4 Å². The normalized spacial score (nSPS) is 12.3. The summed E-state index contributed by atoms with van der Waals surface area (Å²) < 4.78 is 10.7. The lowest BCUT2D eigenvalue weighted by atomic mass is 10.1. The van der Waals surface area contributed by atoms with Crippen molar-refractivity contribution in [3.63, 3.8) is 0 Å². The van der Waals surface area contributed by atoms with E-state index in [1.807, 2.05) is 18.0 Å². The second kappa shape index (κ2) is 9.95. The topological polar surface area (TPSA) is 109 Å². The van der Waals surface area contributed by atoms with Crippen LogP contribution in [0.4, 0.5) is 22.7 Å². The molecule has 34 heavy (non-hydrogen) atoms.